The molecule has 0 radical (unpaired) electrons. The first-order valence-corrected chi connectivity index (χ1v) is 8.95. The molecule has 2 aromatic carbocycles. The van der Waals surface area contributed by atoms with E-state index in [0.717, 1.165) is 10.4 Å². The van der Waals surface area contributed by atoms with E-state index in [9.17, 15) is 9.59 Å². The number of thiazole rings is 1. The third-order valence-corrected chi connectivity index (χ3v) is 4.92. The van der Waals surface area contributed by atoms with Crippen molar-refractivity contribution in [1.29, 1.82) is 0 Å². The zero-order valence-corrected chi connectivity index (χ0v) is 15.4. The number of rotatable bonds is 5. The van der Waals surface area contributed by atoms with Gasteiger partial charge in [-0.1, -0.05) is 54.1 Å². The highest BCUT2D eigenvalue weighted by Crippen LogP contribution is 2.32. The average molecular weight is 387 g/mol. The maximum absolute atomic E-state index is 12.4. The number of amides is 1. The first-order valence-electron chi connectivity index (χ1n) is 7.76. The molecule has 3 rings (SSSR count). The molecule has 7 heteroatoms. The number of ether oxygens (including phenoxy) is 1. The van der Waals surface area contributed by atoms with Gasteiger partial charge >= 0.3 is 5.97 Å². The van der Waals surface area contributed by atoms with Gasteiger partial charge in [0, 0.05) is 10.4 Å². The summed E-state index contributed by atoms with van der Waals surface area (Å²) in [6.07, 6.45) is 0.0837. The molecule has 0 unspecified atom stereocenters. The highest BCUT2D eigenvalue weighted by Gasteiger charge is 2.18. The van der Waals surface area contributed by atoms with Crippen LogP contribution in [0.4, 0.5) is 5.13 Å². The number of methoxy groups -OCH3 is 1. The largest absolute Gasteiger partial charge is 0.469 e. The number of nitrogens with zero attached hydrogens (tertiary/aromatic N) is 1. The third kappa shape index (κ3) is 4.09. The summed E-state index contributed by atoms with van der Waals surface area (Å²) in [5, 5.41) is 3.51. The molecule has 1 N–H and O–H groups in total. The molecule has 0 aliphatic rings. The topological polar surface area (TPSA) is 68.3 Å². The molecule has 0 atom stereocenters. The Balaban J connectivity index is 1.92. The SMILES string of the molecule is COC(=O)Cc1sc(NC(=O)c2ccccc2Cl)nc1-c1ccccc1. The van der Waals surface area contributed by atoms with E-state index in [-0.39, 0.29) is 18.3 Å². The molecule has 132 valence electrons. The number of esters is 1. The lowest BCUT2D eigenvalue weighted by Crippen LogP contribution is -2.12. The second kappa shape index (κ2) is 8.12. The number of carbonyl (C=O) groups excluding carboxylic acids is 2. The van der Waals surface area contributed by atoms with Crippen LogP contribution >= 0.6 is 22.9 Å². The molecule has 0 bridgehead atoms. The van der Waals surface area contributed by atoms with Crippen molar-refractivity contribution in [3.8, 4) is 11.3 Å². The van der Waals surface area contributed by atoms with Crippen LogP contribution in [0.25, 0.3) is 11.3 Å². The number of benzene rings is 2. The lowest BCUT2D eigenvalue weighted by molar-refractivity contribution is -0.139. The van der Waals surface area contributed by atoms with Gasteiger partial charge in [0.2, 0.25) is 0 Å². The Bertz CT molecular complexity index is 941. The fourth-order valence-electron chi connectivity index (χ4n) is 2.36. The number of halogens is 1. The molecule has 0 aliphatic heterocycles. The lowest BCUT2D eigenvalue weighted by Gasteiger charge is -2.03. The number of hydrogen-bond acceptors (Lipinski definition) is 5. The molecule has 0 saturated carbocycles. The van der Waals surface area contributed by atoms with Crippen LogP contribution in [-0.4, -0.2) is 24.0 Å². The fourth-order valence-corrected chi connectivity index (χ4v) is 3.55. The lowest BCUT2D eigenvalue weighted by atomic mass is 10.1. The maximum atomic E-state index is 12.4. The van der Waals surface area contributed by atoms with Gasteiger partial charge in [-0.05, 0) is 12.1 Å². The van der Waals surface area contributed by atoms with Gasteiger partial charge in [0.25, 0.3) is 5.91 Å². The number of carbonyl (C=O) groups is 2. The molecule has 3 aromatic rings. The molecule has 26 heavy (non-hydrogen) atoms. The first kappa shape index (κ1) is 18.1. The number of nitrogens with one attached hydrogen (secondary N) is 1. The monoisotopic (exact) mass is 386 g/mol. The number of hydrogen-bond donors (Lipinski definition) is 1. The van der Waals surface area contributed by atoms with Gasteiger partial charge in [-0.15, -0.1) is 11.3 Å². The van der Waals surface area contributed by atoms with Gasteiger partial charge in [-0.3, -0.25) is 14.9 Å². The number of aromatic nitrogens is 1. The van der Waals surface area contributed by atoms with Crippen LogP contribution in [0.2, 0.25) is 5.02 Å². The Morgan fingerprint density at radius 2 is 1.81 bits per heavy atom. The van der Waals surface area contributed by atoms with Gasteiger partial charge in [0.15, 0.2) is 5.13 Å². The van der Waals surface area contributed by atoms with Crippen molar-refractivity contribution < 1.29 is 14.3 Å². The van der Waals surface area contributed by atoms with Crippen LogP contribution in [0.5, 0.6) is 0 Å². The van der Waals surface area contributed by atoms with Crippen LogP contribution in [-0.2, 0) is 16.0 Å². The summed E-state index contributed by atoms with van der Waals surface area (Å²) in [6.45, 7) is 0. The quantitative estimate of drug-likeness (QED) is 0.658. The second-order valence-corrected chi connectivity index (χ2v) is 6.83. The van der Waals surface area contributed by atoms with E-state index >= 15 is 0 Å². The van der Waals surface area contributed by atoms with Crippen molar-refractivity contribution in [2.75, 3.05) is 12.4 Å². The summed E-state index contributed by atoms with van der Waals surface area (Å²) in [4.78, 5) is 29.4. The Hall–Kier alpha value is -2.70. The summed E-state index contributed by atoms with van der Waals surface area (Å²) < 4.78 is 4.76. The zero-order valence-electron chi connectivity index (χ0n) is 13.9. The Kier molecular flexibility index (Phi) is 5.65. The van der Waals surface area contributed by atoms with Crippen molar-refractivity contribution in [2.45, 2.75) is 6.42 Å². The highest BCUT2D eigenvalue weighted by molar-refractivity contribution is 7.16. The van der Waals surface area contributed by atoms with Crippen molar-refractivity contribution in [3.05, 3.63) is 70.1 Å². The van der Waals surface area contributed by atoms with Gasteiger partial charge < -0.3 is 4.74 Å². The van der Waals surface area contributed by atoms with Crippen molar-refractivity contribution in [3.63, 3.8) is 0 Å². The second-order valence-electron chi connectivity index (χ2n) is 5.34. The van der Waals surface area contributed by atoms with Gasteiger partial charge in [-0.2, -0.15) is 0 Å². The van der Waals surface area contributed by atoms with E-state index < -0.39 is 0 Å². The van der Waals surface area contributed by atoms with Crippen molar-refractivity contribution in [1.82, 2.24) is 4.98 Å². The third-order valence-electron chi connectivity index (χ3n) is 3.62. The Morgan fingerprint density at radius 3 is 2.50 bits per heavy atom. The van der Waals surface area contributed by atoms with E-state index in [0.29, 0.717) is 21.4 Å². The molecule has 1 heterocycles. The van der Waals surface area contributed by atoms with E-state index in [4.69, 9.17) is 16.3 Å². The van der Waals surface area contributed by atoms with Crippen LogP contribution in [0.3, 0.4) is 0 Å². The standard InChI is InChI=1S/C19H15ClN2O3S/c1-25-16(23)11-15-17(12-7-3-2-4-8-12)21-19(26-15)22-18(24)13-9-5-6-10-14(13)20/h2-10H,11H2,1H3,(H,21,22,24). The minimum absolute atomic E-state index is 0.0837. The zero-order chi connectivity index (χ0) is 18.5. The van der Waals surface area contributed by atoms with Crippen LogP contribution in [0, 0.1) is 0 Å². The average Bonchev–Trinajstić information content (AvgIpc) is 3.04. The molecule has 0 spiro atoms. The van der Waals surface area contributed by atoms with E-state index in [1.807, 2.05) is 30.3 Å². The molecular weight excluding hydrogens is 372 g/mol. The predicted octanol–water partition coefficient (Wildman–Crippen LogP) is 4.43. The minimum Gasteiger partial charge on any atom is -0.469 e. The minimum atomic E-state index is -0.366. The number of anilines is 1. The van der Waals surface area contributed by atoms with Gasteiger partial charge in [0.05, 0.1) is 29.8 Å². The first-order chi connectivity index (χ1) is 12.6. The van der Waals surface area contributed by atoms with Crippen LogP contribution < -0.4 is 5.32 Å². The van der Waals surface area contributed by atoms with E-state index in [2.05, 4.69) is 10.3 Å². The van der Waals surface area contributed by atoms with Gasteiger partial charge in [0.1, 0.15) is 0 Å². The molecule has 0 aliphatic carbocycles. The summed E-state index contributed by atoms with van der Waals surface area (Å²) in [5.41, 5.74) is 1.87. The normalized spacial score (nSPS) is 10.4. The predicted molar refractivity (Wildman–Crippen MR) is 103 cm³/mol. The molecule has 0 fully saturated rings. The van der Waals surface area contributed by atoms with Gasteiger partial charge in [-0.25, -0.2) is 4.98 Å². The van der Waals surface area contributed by atoms with Crippen molar-refractivity contribution >= 4 is 39.9 Å². The summed E-state index contributed by atoms with van der Waals surface area (Å²) in [7, 11) is 1.34. The molecule has 1 aromatic heterocycles. The molecule has 5 nitrogen and oxygen atoms in total. The molecule has 0 saturated heterocycles. The summed E-state index contributed by atoms with van der Waals surface area (Å²) in [5.74, 6) is -0.719. The Morgan fingerprint density at radius 1 is 1.12 bits per heavy atom. The van der Waals surface area contributed by atoms with Crippen LogP contribution in [0.15, 0.2) is 54.6 Å². The molecule has 1 amide bonds. The highest BCUT2D eigenvalue weighted by atomic mass is 35.5. The Labute approximate surface area is 159 Å². The smallest absolute Gasteiger partial charge is 0.310 e. The maximum Gasteiger partial charge on any atom is 0.310 e. The summed E-state index contributed by atoms with van der Waals surface area (Å²) in [6, 6.07) is 16.2. The van der Waals surface area contributed by atoms with E-state index in [1.54, 1.807) is 24.3 Å². The van der Waals surface area contributed by atoms with Crippen molar-refractivity contribution in [2.24, 2.45) is 0 Å². The summed E-state index contributed by atoms with van der Waals surface area (Å²) >= 11 is 7.31. The molecular formula is C19H15ClN2O3S. The fraction of sp³-hybridized carbons (Fsp3) is 0.105. The van der Waals surface area contributed by atoms with E-state index in [1.165, 1.54) is 18.4 Å². The van der Waals surface area contributed by atoms with Crippen LogP contribution in [0.1, 0.15) is 15.2 Å².